The van der Waals surface area contributed by atoms with Crippen molar-refractivity contribution in [2.75, 3.05) is 19.7 Å². The number of nitrogens with zero attached hydrogens (tertiary/aromatic N) is 2. The van der Waals surface area contributed by atoms with Crippen LogP contribution in [0.4, 0.5) is 4.39 Å². The number of hydrogen-bond acceptors (Lipinski definition) is 4. The van der Waals surface area contributed by atoms with Gasteiger partial charge in [-0.1, -0.05) is 17.7 Å². The van der Waals surface area contributed by atoms with E-state index in [2.05, 4.69) is 10.4 Å². The fourth-order valence-electron chi connectivity index (χ4n) is 3.03. The molecule has 8 heteroatoms. The molecule has 1 fully saturated rings. The number of benzene rings is 1. The van der Waals surface area contributed by atoms with Crippen LogP contribution < -0.4 is 5.32 Å². The predicted molar refractivity (Wildman–Crippen MR) is 90.4 cm³/mol. The van der Waals surface area contributed by atoms with Crippen LogP contribution >= 0.6 is 11.6 Å². The van der Waals surface area contributed by atoms with Crippen LogP contribution in [-0.4, -0.2) is 40.6 Å². The van der Waals surface area contributed by atoms with E-state index in [-0.39, 0.29) is 22.7 Å². The Bertz CT molecular complexity index is 780. The van der Waals surface area contributed by atoms with Gasteiger partial charge in [-0.3, -0.25) is 4.68 Å². The molecule has 2 heterocycles. The second-order valence-electron chi connectivity index (χ2n) is 6.09. The maximum atomic E-state index is 13.9. The van der Waals surface area contributed by atoms with E-state index in [1.54, 1.807) is 17.7 Å². The zero-order valence-electron chi connectivity index (χ0n) is 13.7. The van der Waals surface area contributed by atoms with Crippen LogP contribution in [-0.2, 0) is 11.3 Å². The van der Waals surface area contributed by atoms with Gasteiger partial charge >= 0.3 is 5.97 Å². The summed E-state index contributed by atoms with van der Waals surface area (Å²) in [6.07, 6.45) is -0.335. The first kappa shape index (κ1) is 17.8. The summed E-state index contributed by atoms with van der Waals surface area (Å²) in [7, 11) is 0. The molecule has 0 spiro atoms. The van der Waals surface area contributed by atoms with E-state index < -0.39 is 11.8 Å². The van der Waals surface area contributed by atoms with Crippen molar-refractivity contribution in [3.05, 3.63) is 52.1 Å². The van der Waals surface area contributed by atoms with Crippen LogP contribution in [0.5, 0.6) is 0 Å². The predicted octanol–water partition coefficient (Wildman–Crippen LogP) is 2.66. The molecule has 0 saturated carbocycles. The van der Waals surface area contributed by atoms with Crippen LogP contribution in [0.2, 0.25) is 5.02 Å². The first-order chi connectivity index (χ1) is 12.0. The van der Waals surface area contributed by atoms with Gasteiger partial charge in [0.05, 0.1) is 17.7 Å². The van der Waals surface area contributed by atoms with Crippen LogP contribution in [0.3, 0.4) is 0 Å². The lowest BCUT2D eigenvalue weighted by atomic mass is 9.95. The number of carbonyl (C=O) groups is 1. The SMILES string of the molecule is Cc1cc(C(=O)O)nn1CC1CNCCOC1c1ccc(Cl)c(F)c1. The molecular weight excluding hydrogens is 349 g/mol. The third kappa shape index (κ3) is 4.00. The molecule has 2 aromatic rings. The number of carboxylic acid groups (broad SMARTS) is 1. The zero-order valence-corrected chi connectivity index (χ0v) is 14.5. The summed E-state index contributed by atoms with van der Waals surface area (Å²) in [5.41, 5.74) is 1.47. The quantitative estimate of drug-likeness (QED) is 0.868. The topological polar surface area (TPSA) is 76.4 Å². The molecule has 1 aromatic heterocycles. The minimum Gasteiger partial charge on any atom is -0.476 e. The lowest BCUT2D eigenvalue weighted by Gasteiger charge is -2.25. The van der Waals surface area contributed by atoms with Gasteiger partial charge in [0.1, 0.15) is 5.82 Å². The zero-order chi connectivity index (χ0) is 18.0. The molecule has 2 unspecified atom stereocenters. The third-order valence-corrected chi connectivity index (χ3v) is 4.60. The Kier molecular flexibility index (Phi) is 5.36. The molecule has 0 aliphatic carbocycles. The summed E-state index contributed by atoms with van der Waals surface area (Å²) < 4.78 is 21.4. The highest BCUT2D eigenvalue weighted by atomic mass is 35.5. The fourth-order valence-corrected chi connectivity index (χ4v) is 3.15. The van der Waals surface area contributed by atoms with Crippen molar-refractivity contribution in [3.8, 4) is 0 Å². The second-order valence-corrected chi connectivity index (χ2v) is 6.49. The highest BCUT2D eigenvalue weighted by Crippen LogP contribution is 2.31. The lowest BCUT2D eigenvalue weighted by Crippen LogP contribution is -2.29. The second kappa shape index (κ2) is 7.51. The van der Waals surface area contributed by atoms with E-state index in [0.717, 1.165) is 5.69 Å². The van der Waals surface area contributed by atoms with Gasteiger partial charge in [-0.05, 0) is 30.7 Å². The molecule has 25 heavy (non-hydrogen) atoms. The maximum Gasteiger partial charge on any atom is 0.356 e. The number of ether oxygens (including phenoxy) is 1. The largest absolute Gasteiger partial charge is 0.476 e. The summed E-state index contributed by atoms with van der Waals surface area (Å²) in [6, 6.07) is 6.20. The molecule has 3 rings (SSSR count). The van der Waals surface area contributed by atoms with E-state index in [1.807, 2.05) is 0 Å². The Hall–Kier alpha value is -1.96. The Morgan fingerprint density at radius 1 is 1.52 bits per heavy atom. The number of hydrogen-bond donors (Lipinski definition) is 2. The molecule has 1 aliphatic heterocycles. The number of aryl methyl sites for hydroxylation is 1. The van der Waals surface area contributed by atoms with E-state index >= 15 is 0 Å². The van der Waals surface area contributed by atoms with Crippen molar-refractivity contribution in [3.63, 3.8) is 0 Å². The highest BCUT2D eigenvalue weighted by molar-refractivity contribution is 6.30. The average Bonchev–Trinajstić information content (AvgIpc) is 2.79. The Morgan fingerprint density at radius 3 is 3.00 bits per heavy atom. The van der Waals surface area contributed by atoms with Gasteiger partial charge in [0.15, 0.2) is 5.69 Å². The molecule has 2 atom stereocenters. The van der Waals surface area contributed by atoms with E-state index in [4.69, 9.17) is 21.4 Å². The molecule has 0 bridgehead atoms. The number of aromatic nitrogens is 2. The number of carboxylic acids is 1. The molecule has 1 saturated heterocycles. The number of rotatable bonds is 4. The molecule has 0 radical (unpaired) electrons. The van der Waals surface area contributed by atoms with Gasteiger partial charge in [-0.2, -0.15) is 5.10 Å². The van der Waals surface area contributed by atoms with Crippen LogP contribution in [0.1, 0.15) is 27.8 Å². The molecule has 1 aromatic carbocycles. The standard InChI is InChI=1S/C17H19ClFN3O3/c1-10-6-15(17(23)24)21-22(10)9-12-8-20-4-5-25-16(12)11-2-3-13(18)14(19)7-11/h2-3,6-7,12,16,20H,4-5,8-9H2,1H3,(H,23,24). The normalized spacial score (nSPS) is 21.1. The van der Waals surface area contributed by atoms with Crippen LogP contribution in [0, 0.1) is 18.7 Å². The monoisotopic (exact) mass is 367 g/mol. The Balaban J connectivity index is 1.88. The van der Waals surface area contributed by atoms with E-state index in [9.17, 15) is 9.18 Å². The molecule has 6 nitrogen and oxygen atoms in total. The maximum absolute atomic E-state index is 13.9. The van der Waals surface area contributed by atoms with Crippen molar-refractivity contribution < 1.29 is 19.0 Å². The van der Waals surface area contributed by atoms with Crippen molar-refractivity contribution >= 4 is 17.6 Å². The minimum atomic E-state index is -1.06. The molecule has 2 N–H and O–H groups in total. The molecule has 0 amide bonds. The summed E-state index contributed by atoms with van der Waals surface area (Å²) in [5.74, 6) is -1.58. The summed E-state index contributed by atoms with van der Waals surface area (Å²) >= 11 is 5.77. The number of halogens is 2. The molecular formula is C17H19ClFN3O3. The average molecular weight is 368 g/mol. The lowest BCUT2D eigenvalue weighted by molar-refractivity contribution is 0.0238. The minimum absolute atomic E-state index is 0.00841. The van der Waals surface area contributed by atoms with Crippen LogP contribution in [0.15, 0.2) is 24.3 Å². The third-order valence-electron chi connectivity index (χ3n) is 4.29. The molecule has 134 valence electrons. The fraction of sp³-hybridized carbons (Fsp3) is 0.412. The van der Waals surface area contributed by atoms with Crippen molar-refractivity contribution in [1.29, 1.82) is 0 Å². The van der Waals surface area contributed by atoms with Crippen molar-refractivity contribution in [2.45, 2.75) is 19.6 Å². The highest BCUT2D eigenvalue weighted by Gasteiger charge is 2.28. The van der Waals surface area contributed by atoms with Crippen molar-refractivity contribution in [1.82, 2.24) is 15.1 Å². The van der Waals surface area contributed by atoms with Gasteiger partial charge in [0.2, 0.25) is 0 Å². The van der Waals surface area contributed by atoms with Gasteiger partial charge in [0, 0.05) is 31.2 Å². The Morgan fingerprint density at radius 2 is 2.32 bits per heavy atom. The van der Waals surface area contributed by atoms with Crippen LogP contribution in [0.25, 0.3) is 0 Å². The first-order valence-electron chi connectivity index (χ1n) is 8.00. The van der Waals surface area contributed by atoms with E-state index in [0.29, 0.717) is 31.8 Å². The number of aromatic carboxylic acids is 1. The van der Waals surface area contributed by atoms with E-state index in [1.165, 1.54) is 18.2 Å². The number of nitrogens with one attached hydrogen (secondary N) is 1. The summed E-state index contributed by atoms with van der Waals surface area (Å²) in [5, 5.41) is 16.6. The summed E-state index contributed by atoms with van der Waals surface area (Å²) in [4.78, 5) is 11.1. The van der Waals surface area contributed by atoms with Gasteiger partial charge in [-0.25, -0.2) is 9.18 Å². The molecule has 1 aliphatic rings. The van der Waals surface area contributed by atoms with Gasteiger partial charge in [0.25, 0.3) is 0 Å². The first-order valence-corrected chi connectivity index (χ1v) is 8.38. The Labute approximate surface area is 149 Å². The summed E-state index contributed by atoms with van der Waals surface area (Å²) in [6.45, 7) is 4.12. The van der Waals surface area contributed by atoms with Gasteiger partial charge in [-0.15, -0.1) is 0 Å². The van der Waals surface area contributed by atoms with Crippen molar-refractivity contribution in [2.24, 2.45) is 5.92 Å². The van der Waals surface area contributed by atoms with Gasteiger partial charge < -0.3 is 15.2 Å². The smallest absolute Gasteiger partial charge is 0.356 e.